The fourth-order valence-electron chi connectivity index (χ4n) is 4.02. The summed E-state index contributed by atoms with van der Waals surface area (Å²) in [4.78, 5) is 25.0. The number of carbonyl (C=O) groups is 1. The van der Waals surface area contributed by atoms with Crippen LogP contribution in [0.25, 0.3) is 21.3 Å². The number of hydrogen-bond acceptors (Lipinski definition) is 6. The monoisotopic (exact) mass is 435 g/mol. The van der Waals surface area contributed by atoms with Gasteiger partial charge in [0.05, 0.1) is 40.3 Å². The summed E-state index contributed by atoms with van der Waals surface area (Å²) in [6, 6.07) is 10.1. The quantitative estimate of drug-likeness (QED) is 0.452. The highest BCUT2D eigenvalue weighted by molar-refractivity contribution is 7.22. The number of carbonyl (C=O) groups excluding carboxylic acids is 1. The molecule has 0 aliphatic carbocycles. The minimum Gasteiger partial charge on any atom is -0.376 e. The zero-order valence-corrected chi connectivity index (χ0v) is 18.7. The number of para-hydroxylation sites is 1. The van der Waals surface area contributed by atoms with Crippen molar-refractivity contribution in [2.75, 3.05) is 18.1 Å². The Bertz CT molecular complexity index is 1220. The van der Waals surface area contributed by atoms with Gasteiger partial charge in [0.1, 0.15) is 0 Å². The average molecular weight is 436 g/mol. The van der Waals surface area contributed by atoms with Gasteiger partial charge in [-0.2, -0.15) is 5.10 Å². The topological polar surface area (TPSA) is 73.1 Å². The Morgan fingerprint density at radius 2 is 2.16 bits per heavy atom. The second kappa shape index (κ2) is 8.01. The van der Waals surface area contributed by atoms with Gasteiger partial charge in [0.25, 0.3) is 5.91 Å². The lowest BCUT2D eigenvalue weighted by atomic mass is 10.1. The fourth-order valence-corrected chi connectivity index (χ4v) is 4.99. The summed E-state index contributed by atoms with van der Waals surface area (Å²) >= 11 is 1.53. The molecule has 1 fully saturated rings. The maximum Gasteiger partial charge on any atom is 0.262 e. The zero-order chi connectivity index (χ0) is 21.5. The van der Waals surface area contributed by atoms with E-state index in [4.69, 9.17) is 14.7 Å². The third-order valence-electron chi connectivity index (χ3n) is 5.65. The van der Waals surface area contributed by atoms with Gasteiger partial charge in [-0.3, -0.25) is 9.69 Å². The molecule has 1 unspecified atom stereocenters. The number of thiazole rings is 1. The molecule has 0 bridgehead atoms. The van der Waals surface area contributed by atoms with Crippen molar-refractivity contribution in [1.82, 2.24) is 19.7 Å². The van der Waals surface area contributed by atoms with E-state index in [-0.39, 0.29) is 18.1 Å². The van der Waals surface area contributed by atoms with E-state index < -0.39 is 0 Å². The zero-order valence-electron chi connectivity index (χ0n) is 17.9. The lowest BCUT2D eigenvalue weighted by molar-refractivity contribution is 0.0916. The van der Waals surface area contributed by atoms with Crippen LogP contribution in [-0.4, -0.2) is 44.9 Å². The van der Waals surface area contributed by atoms with E-state index in [2.05, 4.69) is 18.9 Å². The van der Waals surface area contributed by atoms with E-state index in [9.17, 15) is 4.79 Å². The first-order valence-corrected chi connectivity index (χ1v) is 11.5. The molecule has 0 saturated carbocycles. The molecule has 0 spiro atoms. The van der Waals surface area contributed by atoms with Crippen LogP contribution in [0.3, 0.4) is 0 Å². The van der Waals surface area contributed by atoms with Crippen LogP contribution < -0.4 is 4.90 Å². The Morgan fingerprint density at radius 3 is 2.90 bits per heavy atom. The molecule has 1 aliphatic heterocycles. The molecule has 4 heterocycles. The lowest BCUT2D eigenvalue weighted by Gasteiger charge is -2.23. The summed E-state index contributed by atoms with van der Waals surface area (Å²) in [5.41, 5.74) is 2.97. The third kappa shape index (κ3) is 3.70. The molecule has 1 aromatic carbocycles. The van der Waals surface area contributed by atoms with E-state index in [0.29, 0.717) is 22.9 Å². The molecule has 5 rings (SSSR count). The number of benzene rings is 1. The van der Waals surface area contributed by atoms with Gasteiger partial charge in [-0.05, 0) is 51.8 Å². The highest BCUT2D eigenvalue weighted by Gasteiger charge is 2.28. The molecule has 160 valence electrons. The van der Waals surface area contributed by atoms with Gasteiger partial charge in [-0.25, -0.2) is 14.6 Å². The molecule has 1 aliphatic rings. The van der Waals surface area contributed by atoms with Crippen molar-refractivity contribution in [3.05, 3.63) is 47.8 Å². The van der Waals surface area contributed by atoms with Crippen molar-refractivity contribution in [2.24, 2.45) is 0 Å². The minimum atomic E-state index is -0.0984. The van der Waals surface area contributed by atoms with Crippen molar-refractivity contribution >= 4 is 43.6 Å². The number of amides is 1. The van der Waals surface area contributed by atoms with Gasteiger partial charge in [-0.1, -0.05) is 23.5 Å². The number of rotatable bonds is 5. The molecule has 4 aromatic rings. The normalized spacial score (nSPS) is 16.6. The maximum atomic E-state index is 13.8. The van der Waals surface area contributed by atoms with Crippen LogP contribution in [-0.2, 0) is 4.74 Å². The second-order valence-corrected chi connectivity index (χ2v) is 9.24. The minimum absolute atomic E-state index is 0.0247. The molecule has 1 atom stereocenters. The molecule has 1 saturated heterocycles. The number of anilines is 1. The number of ether oxygens (including phenoxy) is 1. The molecule has 1 amide bonds. The standard InChI is InChI=1S/C23H25N5O2S/c1-14(2)28-21-16(12-24-28)11-18(15(3)25-21)22(29)27(13-17-7-6-10-30-17)23-26-19-8-4-5-9-20(19)31-23/h4-5,8-9,11-12,14,17H,6-7,10,13H2,1-3H3. The van der Waals surface area contributed by atoms with Crippen molar-refractivity contribution in [1.29, 1.82) is 0 Å². The molecular weight excluding hydrogens is 410 g/mol. The van der Waals surface area contributed by atoms with E-state index in [1.807, 2.05) is 41.9 Å². The second-order valence-electron chi connectivity index (χ2n) is 8.23. The maximum absolute atomic E-state index is 13.8. The Hall–Kier alpha value is -2.84. The lowest BCUT2D eigenvalue weighted by Crippen LogP contribution is -2.38. The van der Waals surface area contributed by atoms with Crippen molar-refractivity contribution in [3.8, 4) is 0 Å². The van der Waals surface area contributed by atoms with Gasteiger partial charge in [-0.15, -0.1) is 0 Å². The van der Waals surface area contributed by atoms with E-state index >= 15 is 0 Å². The summed E-state index contributed by atoms with van der Waals surface area (Å²) in [5.74, 6) is -0.0984. The highest BCUT2D eigenvalue weighted by Crippen LogP contribution is 2.31. The van der Waals surface area contributed by atoms with Crippen LogP contribution in [0.15, 0.2) is 36.5 Å². The molecule has 7 nitrogen and oxygen atoms in total. The van der Waals surface area contributed by atoms with Gasteiger partial charge in [0, 0.05) is 18.0 Å². The summed E-state index contributed by atoms with van der Waals surface area (Å²) in [7, 11) is 0. The van der Waals surface area contributed by atoms with E-state index in [1.54, 1.807) is 11.1 Å². The summed E-state index contributed by atoms with van der Waals surface area (Å²) < 4.78 is 8.79. The Labute approximate surface area is 184 Å². The Kier molecular flexibility index (Phi) is 5.19. The number of aryl methyl sites for hydroxylation is 1. The SMILES string of the molecule is Cc1nc2c(cnn2C(C)C)cc1C(=O)N(CC1CCCO1)c1nc2ccccc2s1. The highest BCUT2D eigenvalue weighted by atomic mass is 32.1. The van der Waals surface area contributed by atoms with Crippen LogP contribution in [0.2, 0.25) is 0 Å². The van der Waals surface area contributed by atoms with E-state index in [1.165, 1.54) is 11.3 Å². The molecule has 0 N–H and O–H groups in total. The number of hydrogen-bond donors (Lipinski definition) is 0. The summed E-state index contributed by atoms with van der Waals surface area (Å²) in [6.07, 6.45) is 3.77. The largest absolute Gasteiger partial charge is 0.376 e. The first-order valence-electron chi connectivity index (χ1n) is 10.6. The van der Waals surface area contributed by atoms with Crippen LogP contribution in [0.5, 0.6) is 0 Å². The van der Waals surface area contributed by atoms with Crippen LogP contribution in [0, 0.1) is 6.92 Å². The van der Waals surface area contributed by atoms with Gasteiger partial charge < -0.3 is 4.74 Å². The van der Waals surface area contributed by atoms with Gasteiger partial charge in [0.2, 0.25) is 0 Å². The van der Waals surface area contributed by atoms with E-state index in [0.717, 1.165) is 40.7 Å². The smallest absolute Gasteiger partial charge is 0.262 e. The first kappa shape index (κ1) is 20.1. The Balaban J connectivity index is 1.56. The van der Waals surface area contributed by atoms with Gasteiger partial charge in [0.15, 0.2) is 10.8 Å². The molecule has 8 heteroatoms. The van der Waals surface area contributed by atoms with Crippen molar-refractivity contribution in [3.63, 3.8) is 0 Å². The molecular formula is C23H25N5O2S. The third-order valence-corrected chi connectivity index (χ3v) is 6.71. The summed E-state index contributed by atoms with van der Waals surface area (Å²) in [6.45, 7) is 7.25. The van der Waals surface area contributed by atoms with Gasteiger partial charge >= 0.3 is 0 Å². The molecule has 0 radical (unpaired) electrons. The van der Waals surface area contributed by atoms with Crippen LogP contribution >= 0.6 is 11.3 Å². The number of aromatic nitrogens is 4. The predicted molar refractivity (Wildman–Crippen MR) is 123 cm³/mol. The van der Waals surface area contributed by atoms with Crippen LogP contribution in [0.4, 0.5) is 5.13 Å². The fraction of sp³-hybridized carbons (Fsp3) is 0.391. The number of nitrogens with zero attached hydrogens (tertiary/aromatic N) is 5. The first-order chi connectivity index (χ1) is 15.0. The molecule has 3 aromatic heterocycles. The van der Waals surface area contributed by atoms with Crippen LogP contribution in [0.1, 0.15) is 48.8 Å². The number of fused-ring (bicyclic) bond motifs is 2. The van der Waals surface area contributed by atoms with Crippen molar-refractivity contribution < 1.29 is 9.53 Å². The average Bonchev–Trinajstić information content (AvgIpc) is 3.49. The summed E-state index contributed by atoms with van der Waals surface area (Å²) in [5, 5.41) is 6.01. The number of pyridine rings is 1. The predicted octanol–water partition coefficient (Wildman–Crippen LogP) is 4.76. The molecule has 31 heavy (non-hydrogen) atoms. The Morgan fingerprint density at radius 1 is 1.32 bits per heavy atom. The van der Waals surface area contributed by atoms with Crippen molar-refractivity contribution in [2.45, 2.75) is 45.8 Å².